The smallest absolute Gasteiger partial charge is 0.303 e. The minimum atomic E-state index is -0.900. The van der Waals surface area contributed by atoms with Crippen LogP contribution in [0.25, 0.3) is 0 Å². The van der Waals surface area contributed by atoms with Crippen LogP contribution in [0.15, 0.2) is 24.3 Å². The first-order chi connectivity index (χ1) is 15.1. The normalized spacial score (nSPS) is 22.9. The van der Waals surface area contributed by atoms with E-state index in [1.54, 1.807) is 43.0 Å². The molecule has 1 N–H and O–H groups in total. The van der Waals surface area contributed by atoms with Crippen LogP contribution < -0.4 is 0 Å². The van der Waals surface area contributed by atoms with Gasteiger partial charge in [0.15, 0.2) is 0 Å². The summed E-state index contributed by atoms with van der Waals surface area (Å²) in [5.41, 5.74) is -0.296. The minimum absolute atomic E-state index is 0.0344. The van der Waals surface area contributed by atoms with E-state index in [1.165, 1.54) is 0 Å². The van der Waals surface area contributed by atoms with E-state index in [2.05, 4.69) is 4.90 Å². The molecule has 0 saturated carbocycles. The average Bonchev–Trinajstić information content (AvgIpc) is 2.69. The van der Waals surface area contributed by atoms with E-state index >= 15 is 0 Å². The monoisotopic (exact) mass is 463 g/mol. The summed E-state index contributed by atoms with van der Waals surface area (Å²) in [6, 6.07) is 7.00. The molecule has 1 atom stereocenters. The number of rotatable bonds is 5. The van der Waals surface area contributed by atoms with Crippen molar-refractivity contribution in [2.45, 2.75) is 38.3 Å². The number of amides is 2. The lowest BCUT2D eigenvalue weighted by atomic mass is 9.80. The number of carbonyl (C=O) groups is 3. The summed E-state index contributed by atoms with van der Waals surface area (Å²) in [5.74, 6) is -0.978. The van der Waals surface area contributed by atoms with Crippen molar-refractivity contribution in [1.29, 1.82) is 0 Å². The Hall–Kier alpha value is -2.16. The predicted octanol–water partition coefficient (Wildman–Crippen LogP) is 1.97. The standard InChI is InChI=1S/C23H30ClN3O5/c1-22(2,10-20(29)30)9-19(28)26-14-23(15-26)13-25(11-18-12-32-8-7-27(18)23)21(31)16-3-5-17(24)6-4-16/h3-6,18H,7-15H2,1-2H3,(H,29,30)/t18-/m1/s1. The van der Waals surface area contributed by atoms with Crippen LogP contribution in [0.1, 0.15) is 37.0 Å². The zero-order valence-electron chi connectivity index (χ0n) is 18.6. The number of hydrogen-bond acceptors (Lipinski definition) is 5. The molecule has 32 heavy (non-hydrogen) atoms. The molecule has 1 spiro atoms. The van der Waals surface area contributed by atoms with Gasteiger partial charge < -0.3 is 19.6 Å². The quantitative estimate of drug-likeness (QED) is 0.718. The number of aliphatic carboxylic acids is 1. The van der Waals surface area contributed by atoms with Crippen LogP contribution in [0.2, 0.25) is 5.02 Å². The summed E-state index contributed by atoms with van der Waals surface area (Å²) in [7, 11) is 0. The number of carboxylic acid groups (broad SMARTS) is 1. The van der Waals surface area contributed by atoms with Crippen LogP contribution >= 0.6 is 11.6 Å². The van der Waals surface area contributed by atoms with Gasteiger partial charge in [-0.05, 0) is 29.7 Å². The van der Waals surface area contributed by atoms with E-state index < -0.39 is 11.4 Å². The Labute approximate surface area is 193 Å². The fraction of sp³-hybridized carbons (Fsp3) is 0.609. The molecule has 3 heterocycles. The van der Waals surface area contributed by atoms with E-state index in [4.69, 9.17) is 21.4 Å². The third-order valence-electron chi connectivity index (χ3n) is 6.71. The van der Waals surface area contributed by atoms with Crippen LogP contribution in [-0.2, 0) is 14.3 Å². The van der Waals surface area contributed by atoms with Crippen molar-refractivity contribution >= 4 is 29.4 Å². The molecular formula is C23H30ClN3O5. The molecule has 9 heteroatoms. The molecule has 2 amide bonds. The van der Waals surface area contributed by atoms with Gasteiger partial charge in [0.2, 0.25) is 5.91 Å². The summed E-state index contributed by atoms with van der Waals surface area (Å²) in [5, 5.41) is 9.69. The Morgan fingerprint density at radius 2 is 1.78 bits per heavy atom. The van der Waals surface area contributed by atoms with Gasteiger partial charge in [0.1, 0.15) is 0 Å². The van der Waals surface area contributed by atoms with Gasteiger partial charge in [-0.3, -0.25) is 19.3 Å². The molecule has 0 aromatic heterocycles. The van der Waals surface area contributed by atoms with Crippen molar-refractivity contribution in [3.05, 3.63) is 34.9 Å². The topological polar surface area (TPSA) is 90.4 Å². The number of likely N-dealkylation sites (tertiary alicyclic amines) is 1. The molecule has 1 aromatic rings. The molecule has 0 aliphatic carbocycles. The van der Waals surface area contributed by atoms with Crippen LogP contribution in [0.5, 0.6) is 0 Å². The SMILES string of the molecule is CC(C)(CC(=O)O)CC(=O)N1CC2(C1)CN(C(=O)c1ccc(Cl)cc1)C[C@@H]1COCCN12. The average molecular weight is 464 g/mol. The van der Waals surface area contributed by atoms with Crippen molar-refractivity contribution in [3.8, 4) is 0 Å². The molecule has 0 unspecified atom stereocenters. The lowest BCUT2D eigenvalue weighted by Crippen LogP contribution is -2.81. The molecule has 3 aliphatic heterocycles. The number of hydrogen-bond donors (Lipinski definition) is 1. The fourth-order valence-electron chi connectivity index (χ4n) is 5.24. The fourth-order valence-corrected chi connectivity index (χ4v) is 5.37. The molecule has 3 saturated heterocycles. The van der Waals surface area contributed by atoms with Gasteiger partial charge in [0.25, 0.3) is 5.91 Å². The number of fused-ring (bicyclic) bond motifs is 2. The van der Waals surface area contributed by atoms with Crippen LogP contribution in [0, 0.1) is 5.41 Å². The number of carbonyl (C=O) groups excluding carboxylic acids is 2. The molecule has 3 aliphatic rings. The first kappa shape index (κ1) is 23.0. The van der Waals surface area contributed by atoms with E-state index in [0.29, 0.717) is 50.0 Å². The van der Waals surface area contributed by atoms with Crippen molar-refractivity contribution in [2.24, 2.45) is 5.41 Å². The van der Waals surface area contributed by atoms with Crippen molar-refractivity contribution in [3.63, 3.8) is 0 Å². The number of morpholine rings is 1. The van der Waals surface area contributed by atoms with Gasteiger partial charge in [0, 0.05) is 49.7 Å². The maximum absolute atomic E-state index is 13.2. The summed E-state index contributed by atoms with van der Waals surface area (Å²) >= 11 is 5.97. The first-order valence-corrected chi connectivity index (χ1v) is 11.4. The van der Waals surface area contributed by atoms with Crippen molar-refractivity contribution in [2.75, 3.05) is 45.9 Å². The number of ether oxygens (including phenoxy) is 1. The molecule has 0 radical (unpaired) electrons. The molecular weight excluding hydrogens is 434 g/mol. The van der Waals surface area contributed by atoms with Gasteiger partial charge in [0.05, 0.1) is 31.2 Å². The summed E-state index contributed by atoms with van der Waals surface area (Å²) < 4.78 is 5.69. The number of halogens is 1. The highest BCUT2D eigenvalue weighted by Crippen LogP contribution is 2.38. The summed E-state index contributed by atoms with van der Waals surface area (Å²) in [4.78, 5) is 43.3. The van der Waals surface area contributed by atoms with E-state index in [9.17, 15) is 14.4 Å². The molecule has 4 rings (SSSR count). The van der Waals surface area contributed by atoms with Gasteiger partial charge in [-0.15, -0.1) is 0 Å². The predicted molar refractivity (Wildman–Crippen MR) is 119 cm³/mol. The Bertz CT molecular complexity index is 897. The molecule has 174 valence electrons. The third kappa shape index (κ3) is 4.63. The zero-order valence-corrected chi connectivity index (χ0v) is 19.3. The van der Waals surface area contributed by atoms with Crippen molar-refractivity contribution < 1.29 is 24.2 Å². The van der Waals surface area contributed by atoms with Gasteiger partial charge in [-0.1, -0.05) is 25.4 Å². The third-order valence-corrected chi connectivity index (χ3v) is 6.97. The van der Waals surface area contributed by atoms with Gasteiger partial charge in [-0.25, -0.2) is 0 Å². The van der Waals surface area contributed by atoms with Crippen molar-refractivity contribution in [1.82, 2.24) is 14.7 Å². The molecule has 3 fully saturated rings. The maximum Gasteiger partial charge on any atom is 0.303 e. The number of carboxylic acids is 1. The highest BCUT2D eigenvalue weighted by Gasteiger charge is 2.56. The number of benzene rings is 1. The summed E-state index contributed by atoms with van der Waals surface area (Å²) in [6.45, 7) is 7.80. The molecule has 1 aromatic carbocycles. The Morgan fingerprint density at radius 3 is 2.44 bits per heavy atom. The second-order valence-corrected chi connectivity index (χ2v) is 10.4. The van der Waals surface area contributed by atoms with Crippen LogP contribution in [0.4, 0.5) is 0 Å². The van der Waals surface area contributed by atoms with E-state index in [1.807, 2.05) is 4.90 Å². The van der Waals surface area contributed by atoms with E-state index in [0.717, 1.165) is 6.54 Å². The molecule has 8 nitrogen and oxygen atoms in total. The van der Waals surface area contributed by atoms with E-state index in [-0.39, 0.29) is 36.2 Å². The lowest BCUT2D eigenvalue weighted by Gasteiger charge is -2.63. The second-order valence-electron chi connectivity index (χ2n) is 10.0. The highest BCUT2D eigenvalue weighted by molar-refractivity contribution is 6.30. The number of nitrogens with zero attached hydrogens (tertiary/aromatic N) is 3. The summed E-state index contributed by atoms with van der Waals surface area (Å²) in [6.07, 6.45) is 0.141. The second kappa shape index (κ2) is 8.65. The van der Waals surface area contributed by atoms with Crippen LogP contribution in [-0.4, -0.2) is 95.1 Å². The Balaban J connectivity index is 1.47. The van der Waals surface area contributed by atoms with Crippen LogP contribution in [0.3, 0.4) is 0 Å². The maximum atomic E-state index is 13.2. The largest absolute Gasteiger partial charge is 0.481 e. The Kier molecular flexibility index (Phi) is 6.22. The molecule has 0 bridgehead atoms. The number of piperazine rings is 1. The first-order valence-electron chi connectivity index (χ1n) is 11.0. The highest BCUT2D eigenvalue weighted by atomic mass is 35.5. The zero-order chi connectivity index (χ0) is 23.1. The Morgan fingerprint density at radius 1 is 1.12 bits per heavy atom. The lowest BCUT2D eigenvalue weighted by molar-refractivity contribution is -0.174. The van der Waals surface area contributed by atoms with Gasteiger partial charge >= 0.3 is 5.97 Å². The minimum Gasteiger partial charge on any atom is -0.481 e. The van der Waals surface area contributed by atoms with Gasteiger partial charge in [-0.2, -0.15) is 0 Å².